The number of amides is 1. The summed E-state index contributed by atoms with van der Waals surface area (Å²) in [4.78, 5) is 42.6. The van der Waals surface area contributed by atoms with Crippen LogP contribution in [0.25, 0.3) is 0 Å². The molecule has 24 heavy (non-hydrogen) atoms. The van der Waals surface area contributed by atoms with Crippen molar-refractivity contribution in [2.24, 2.45) is 5.92 Å². The van der Waals surface area contributed by atoms with Crippen LogP contribution in [0.5, 0.6) is 0 Å². The number of Topliss-reactive ketones (excluding diaryl/α,β-unsaturated/α-hetero) is 2. The standard InChI is InChI=1S/C18H19NO5/c1-4-5-8-13(18(22)19-24-3)14-15(20)11-9-6-7-10-12(11)16(21)17(14)23-2/h4,6-7,9-10,13H,1,5,8H2,2-3H3,(H,19,22). The Kier molecular flexibility index (Phi) is 5.65. The average molecular weight is 329 g/mol. The lowest BCUT2D eigenvalue weighted by atomic mass is 9.80. The van der Waals surface area contributed by atoms with E-state index in [0.717, 1.165) is 0 Å². The van der Waals surface area contributed by atoms with Gasteiger partial charge in [-0.3, -0.25) is 19.2 Å². The van der Waals surface area contributed by atoms with Crippen LogP contribution in [0.2, 0.25) is 0 Å². The number of hydroxylamine groups is 1. The molecule has 1 N–H and O–H groups in total. The normalized spacial score (nSPS) is 14.9. The van der Waals surface area contributed by atoms with Crippen LogP contribution in [0.4, 0.5) is 0 Å². The maximum absolute atomic E-state index is 12.9. The van der Waals surface area contributed by atoms with Gasteiger partial charge in [0.25, 0.3) is 5.91 Å². The number of ether oxygens (including phenoxy) is 1. The van der Waals surface area contributed by atoms with Crippen molar-refractivity contribution in [1.29, 1.82) is 0 Å². The molecule has 1 unspecified atom stereocenters. The quantitative estimate of drug-likeness (QED) is 0.613. The van der Waals surface area contributed by atoms with Crippen LogP contribution in [-0.4, -0.2) is 31.7 Å². The van der Waals surface area contributed by atoms with E-state index in [-0.39, 0.29) is 28.2 Å². The van der Waals surface area contributed by atoms with Crippen molar-refractivity contribution in [2.75, 3.05) is 14.2 Å². The molecule has 126 valence electrons. The van der Waals surface area contributed by atoms with Crippen molar-refractivity contribution in [3.8, 4) is 0 Å². The first-order chi connectivity index (χ1) is 11.6. The predicted molar refractivity (Wildman–Crippen MR) is 87.2 cm³/mol. The zero-order valence-corrected chi connectivity index (χ0v) is 13.6. The Morgan fingerprint density at radius 1 is 1.21 bits per heavy atom. The zero-order chi connectivity index (χ0) is 17.7. The van der Waals surface area contributed by atoms with Crippen molar-refractivity contribution in [3.63, 3.8) is 0 Å². The van der Waals surface area contributed by atoms with Gasteiger partial charge in [0.2, 0.25) is 5.78 Å². The van der Waals surface area contributed by atoms with Gasteiger partial charge in [0.05, 0.1) is 25.7 Å². The number of carbonyl (C=O) groups excluding carboxylic acids is 3. The fourth-order valence-electron chi connectivity index (χ4n) is 2.75. The molecule has 2 rings (SSSR count). The maximum Gasteiger partial charge on any atom is 0.251 e. The van der Waals surface area contributed by atoms with Crippen molar-refractivity contribution in [1.82, 2.24) is 5.48 Å². The molecule has 0 bridgehead atoms. The molecular weight excluding hydrogens is 310 g/mol. The highest BCUT2D eigenvalue weighted by Gasteiger charge is 2.39. The van der Waals surface area contributed by atoms with Gasteiger partial charge in [0.1, 0.15) is 0 Å². The van der Waals surface area contributed by atoms with Crippen LogP contribution in [-0.2, 0) is 14.4 Å². The van der Waals surface area contributed by atoms with E-state index in [0.29, 0.717) is 12.8 Å². The van der Waals surface area contributed by atoms with Crippen LogP contribution in [0.3, 0.4) is 0 Å². The lowest BCUT2D eigenvalue weighted by Gasteiger charge is -2.25. The van der Waals surface area contributed by atoms with Crippen LogP contribution in [0.1, 0.15) is 33.6 Å². The Hall–Kier alpha value is -2.73. The number of rotatable bonds is 7. The summed E-state index contributed by atoms with van der Waals surface area (Å²) in [7, 11) is 2.62. The Bertz CT molecular complexity index is 720. The second kappa shape index (κ2) is 7.70. The van der Waals surface area contributed by atoms with Crippen LogP contribution in [0, 0.1) is 5.92 Å². The largest absolute Gasteiger partial charge is 0.492 e. The van der Waals surface area contributed by atoms with Crippen LogP contribution in [0.15, 0.2) is 48.3 Å². The lowest BCUT2D eigenvalue weighted by molar-refractivity contribution is -0.134. The average Bonchev–Trinajstić information content (AvgIpc) is 2.59. The van der Waals surface area contributed by atoms with Crippen molar-refractivity contribution >= 4 is 17.5 Å². The molecule has 1 aliphatic carbocycles. The van der Waals surface area contributed by atoms with E-state index >= 15 is 0 Å². The molecule has 0 aliphatic heterocycles. The minimum atomic E-state index is -0.872. The molecular formula is C18H19NO5. The van der Waals surface area contributed by atoms with Gasteiger partial charge in [-0.25, -0.2) is 5.48 Å². The summed E-state index contributed by atoms with van der Waals surface area (Å²) in [5.74, 6) is -2.27. The molecule has 0 saturated carbocycles. The minimum absolute atomic E-state index is 0.0533. The SMILES string of the molecule is C=CCCC(C(=O)NOC)C1=C(OC)C(=O)c2ccccc2C1=O. The highest BCUT2D eigenvalue weighted by atomic mass is 16.6. The van der Waals surface area contributed by atoms with E-state index in [1.165, 1.54) is 14.2 Å². The van der Waals surface area contributed by atoms with Gasteiger partial charge in [-0.05, 0) is 12.8 Å². The lowest BCUT2D eigenvalue weighted by Crippen LogP contribution is -2.36. The Morgan fingerprint density at radius 3 is 2.38 bits per heavy atom. The molecule has 0 saturated heterocycles. The van der Waals surface area contributed by atoms with Gasteiger partial charge in [-0.1, -0.05) is 30.3 Å². The Labute approximate surface area is 140 Å². The molecule has 0 fully saturated rings. The predicted octanol–water partition coefficient (Wildman–Crippen LogP) is 2.23. The van der Waals surface area contributed by atoms with Crippen molar-refractivity contribution < 1.29 is 24.0 Å². The second-order valence-electron chi connectivity index (χ2n) is 5.24. The third kappa shape index (κ3) is 3.14. The zero-order valence-electron chi connectivity index (χ0n) is 13.6. The Morgan fingerprint density at radius 2 is 1.83 bits per heavy atom. The van der Waals surface area contributed by atoms with E-state index < -0.39 is 17.6 Å². The maximum atomic E-state index is 12.9. The summed E-state index contributed by atoms with van der Waals surface area (Å²) >= 11 is 0. The number of methoxy groups -OCH3 is 1. The third-order valence-corrected chi connectivity index (χ3v) is 3.84. The topological polar surface area (TPSA) is 81.7 Å². The molecule has 0 heterocycles. The molecule has 1 aromatic carbocycles. The summed E-state index contributed by atoms with van der Waals surface area (Å²) in [5.41, 5.74) is 2.83. The van der Waals surface area contributed by atoms with Gasteiger partial charge in [-0.2, -0.15) is 0 Å². The fraction of sp³-hybridized carbons (Fsp3) is 0.278. The molecule has 1 amide bonds. The van der Waals surface area contributed by atoms with Gasteiger partial charge in [0, 0.05) is 11.1 Å². The first kappa shape index (κ1) is 17.6. The molecule has 1 atom stereocenters. The Balaban J connectivity index is 2.57. The number of hydrogen-bond donors (Lipinski definition) is 1. The minimum Gasteiger partial charge on any atom is -0.492 e. The first-order valence-electron chi connectivity index (χ1n) is 7.47. The number of benzene rings is 1. The van der Waals surface area contributed by atoms with Crippen molar-refractivity contribution in [2.45, 2.75) is 12.8 Å². The highest BCUT2D eigenvalue weighted by molar-refractivity contribution is 6.27. The van der Waals surface area contributed by atoms with Crippen LogP contribution >= 0.6 is 0 Å². The summed E-state index contributed by atoms with van der Waals surface area (Å²) in [6.45, 7) is 3.63. The summed E-state index contributed by atoms with van der Waals surface area (Å²) < 4.78 is 5.20. The molecule has 1 aromatic rings. The van der Waals surface area contributed by atoms with E-state index in [4.69, 9.17) is 4.74 Å². The smallest absolute Gasteiger partial charge is 0.251 e. The molecule has 6 nitrogen and oxygen atoms in total. The van der Waals surface area contributed by atoms with Gasteiger partial charge in [-0.15, -0.1) is 6.58 Å². The molecule has 1 aliphatic rings. The summed E-state index contributed by atoms with van der Waals surface area (Å²) in [6, 6.07) is 6.49. The number of fused-ring (bicyclic) bond motifs is 1. The van der Waals surface area contributed by atoms with E-state index in [2.05, 4.69) is 16.9 Å². The number of nitrogens with one attached hydrogen (secondary N) is 1. The number of hydrogen-bond acceptors (Lipinski definition) is 5. The summed E-state index contributed by atoms with van der Waals surface area (Å²) in [6.07, 6.45) is 2.44. The second-order valence-corrected chi connectivity index (χ2v) is 5.24. The summed E-state index contributed by atoms with van der Waals surface area (Å²) in [5, 5.41) is 0. The van der Waals surface area contributed by atoms with E-state index in [9.17, 15) is 14.4 Å². The number of allylic oxidation sites excluding steroid dienone is 2. The van der Waals surface area contributed by atoms with Crippen molar-refractivity contribution in [3.05, 3.63) is 59.4 Å². The third-order valence-electron chi connectivity index (χ3n) is 3.84. The van der Waals surface area contributed by atoms with Gasteiger partial charge >= 0.3 is 0 Å². The number of ketones is 2. The van der Waals surface area contributed by atoms with Gasteiger partial charge in [0.15, 0.2) is 11.5 Å². The molecule has 0 radical (unpaired) electrons. The molecule has 0 spiro atoms. The first-order valence-corrected chi connectivity index (χ1v) is 7.47. The van der Waals surface area contributed by atoms with Gasteiger partial charge < -0.3 is 4.74 Å². The van der Waals surface area contributed by atoms with E-state index in [1.54, 1.807) is 30.3 Å². The monoisotopic (exact) mass is 329 g/mol. The molecule has 0 aromatic heterocycles. The van der Waals surface area contributed by atoms with E-state index in [1.807, 2.05) is 0 Å². The number of carbonyl (C=O) groups is 3. The van der Waals surface area contributed by atoms with Crippen LogP contribution < -0.4 is 5.48 Å². The molecule has 6 heteroatoms. The fourth-order valence-corrected chi connectivity index (χ4v) is 2.75. The highest BCUT2D eigenvalue weighted by Crippen LogP contribution is 2.33.